The molecular formula is C27H37FN4O5. The highest BCUT2D eigenvalue weighted by Gasteiger charge is 2.25. The second-order valence-corrected chi connectivity index (χ2v) is 10.1. The molecule has 0 atom stereocenters. The number of carbonyl (C=O) groups excluding carboxylic acids is 2. The summed E-state index contributed by atoms with van der Waals surface area (Å²) in [6, 6.07) is 2.85. The first-order valence-electron chi connectivity index (χ1n) is 13.6. The lowest BCUT2D eigenvalue weighted by Gasteiger charge is -2.25. The van der Waals surface area contributed by atoms with Crippen LogP contribution in [-0.2, 0) is 20.9 Å². The van der Waals surface area contributed by atoms with E-state index >= 15 is 4.39 Å². The Kier molecular flexibility index (Phi) is 9.00. The van der Waals surface area contributed by atoms with Crippen LogP contribution in [0.15, 0.2) is 21.7 Å². The van der Waals surface area contributed by atoms with Gasteiger partial charge in [-0.1, -0.05) is 32.1 Å². The van der Waals surface area contributed by atoms with E-state index < -0.39 is 29.5 Å². The molecule has 10 heteroatoms. The van der Waals surface area contributed by atoms with Crippen LogP contribution < -0.4 is 21.9 Å². The summed E-state index contributed by atoms with van der Waals surface area (Å²) in [5.74, 6) is -1.40. The summed E-state index contributed by atoms with van der Waals surface area (Å²) in [6.07, 6.45) is 9.34. The minimum absolute atomic E-state index is 0.0910. The van der Waals surface area contributed by atoms with E-state index in [1.165, 1.54) is 12.5 Å². The van der Waals surface area contributed by atoms with Crippen molar-refractivity contribution in [3.8, 4) is 0 Å². The van der Waals surface area contributed by atoms with Gasteiger partial charge in [0, 0.05) is 25.0 Å². The van der Waals surface area contributed by atoms with E-state index in [0.29, 0.717) is 24.2 Å². The van der Waals surface area contributed by atoms with Gasteiger partial charge < -0.3 is 15.4 Å². The Balaban J connectivity index is 1.62. The summed E-state index contributed by atoms with van der Waals surface area (Å²) in [7, 11) is 0. The van der Waals surface area contributed by atoms with Crippen LogP contribution in [0.4, 0.5) is 10.1 Å². The van der Waals surface area contributed by atoms with Crippen LogP contribution >= 0.6 is 0 Å². The molecule has 4 rings (SSSR count). The van der Waals surface area contributed by atoms with Gasteiger partial charge in [-0.2, -0.15) is 0 Å². The summed E-state index contributed by atoms with van der Waals surface area (Å²) in [4.78, 5) is 50.9. The van der Waals surface area contributed by atoms with E-state index in [4.69, 9.17) is 4.74 Å². The molecule has 1 aromatic heterocycles. The van der Waals surface area contributed by atoms with Crippen molar-refractivity contribution in [1.29, 1.82) is 0 Å². The van der Waals surface area contributed by atoms with Gasteiger partial charge >= 0.3 is 11.7 Å². The highest BCUT2D eigenvalue weighted by molar-refractivity contribution is 5.83. The van der Waals surface area contributed by atoms with Crippen molar-refractivity contribution in [2.24, 2.45) is 0 Å². The summed E-state index contributed by atoms with van der Waals surface area (Å²) in [5.41, 5.74) is -0.518. The maximum atomic E-state index is 15.2. The van der Waals surface area contributed by atoms with Crippen molar-refractivity contribution in [3.63, 3.8) is 0 Å². The molecule has 0 radical (unpaired) electrons. The zero-order valence-corrected chi connectivity index (χ0v) is 21.5. The minimum Gasteiger partial charge on any atom is -0.466 e. The molecule has 2 fully saturated rings. The number of benzene rings is 1. The second-order valence-electron chi connectivity index (χ2n) is 10.1. The smallest absolute Gasteiger partial charge is 0.332 e. The zero-order valence-electron chi connectivity index (χ0n) is 21.5. The standard InChI is InChI=1S/C27H37FN4O5/c1-2-37-25(34)13-8-14-29-24(33)17-31-26(35)20-15-21(28)22(30-18-9-4-3-5-10-18)16-23(20)32(27(31)36)19-11-6-7-12-19/h15-16,18-19,30H,2-14,17H2,1H3,(H,29,33). The number of carbonyl (C=O) groups is 2. The molecule has 202 valence electrons. The lowest BCUT2D eigenvalue weighted by Crippen LogP contribution is -2.44. The van der Waals surface area contributed by atoms with Gasteiger partial charge in [-0.25, -0.2) is 9.18 Å². The molecule has 0 spiro atoms. The molecular weight excluding hydrogens is 479 g/mol. The highest BCUT2D eigenvalue weighted by atomic mass is 19.1. The third-order valence-electron chi connectivity index (χ3n) is 7.40. The number of nitrogens with zero attached hydrogens (tertiary/aromatic N) is 2. The number of anilines is 1. The van der Waals surface area contributed by atoms with E-state index in [1.807, 2.05) is 0 Å². The molecule has 0 saturated heterocycles. The summed E-state index contributed by atoms with van der Waals surface area (Å²) in [6.45, 7) is 1.76. The average molecular weight is 517 g/mol. The molecule has 1 amide bonds. The Morgan fingerprint density at radius 3 is 2.46 bits per heavy atom. The van der Waals surface area contributed by atoms with Crippen LogP contribution in [0.25, 0.3) is 10.9 Å². The summed E-state index contributed by atoms with van der Waals surface area (Å²) >= 11 is 0. The van der Waals surface area contributed by atoms with Crippen LogP contribution in [0.3, 0.4) is 0 Å². The van der Waals surface area contributed by atoms with Crippen LogP contribution in [-0.4, -0.2) is 40.2 Å². The SMILES string of the molecule is CCOC(=O)CCCNC(=O)Cn1c(=O)c2cc(F)c(NC3CCCCC3)cc2n(C2CCCC2)c1=O. The number of amides is 1. The lowest BCUT2D eigenvalue weighted by atomic mass is 9.95. The molecule has 37 heavy (non-hydrogen) atoms. The van der Waals surface area contributed by atoms with E-state index in [-0.39, 0.29) is 36.4 Å². The molecule has 2 aliphatic rings. The van der Waals surface area contributed by atoms with Crippen molar-refractivity contribution >= 4 is 28.5 Å². The topological polar surface area (TPSA) is 111 Å². The number of halogens is 1. The maximum absolute atomic E-state index is 15.2. The van der Waals surface area contributed by atoms with Crippen LogP contribution in [0.1, 0.15) is 83.6 Å². The lowest BCUT2D eigenvalue weighted by molar-refractivity contribution is -0.143. The van der Waals surface area contributed by atoms with Gasteiger partial charge in [0.15, 0.2) is 0 Å². The molecule has 1 heterocycles. The largest absolute Gasteiger partial charge is 0.466 e. The number of fused-ring (bicyclic) bond motifs is 1. The van der Waals surface area contributed by atoms with E-state index in [1.54, 1.807) is 17.6 Å². The Morgan fingerprint density at radius 2 is 1.76 bits per heavy atom. The Bertz CT molecular complexity index is 1240. The fourth-order valence-corrected chi connectivity index (χ4v) is 5.52. The van der Waals surface area contributed by atoms with Gasteiger partial charge in [-0.3, -0.25) is 23.5 Å². The van der Waals surface area contributed by atoms with Gasteiger partial charge in [0.1, 0.15) is 12.4 Å². The molecule has 0 aliphatic heterocycles. The average Bonchev–Trinajstić information content (AvgIpc) is 3.41. The number of aromatic nitrogens is 2. The van der Waals surface area contributed by atoms with Crippen molar-refractivity contribution in [2.75, 3.05) is 18.5 Å². The van der Waals surface area contributed by atoms with Crippen molar-refractivity contribution in [3.05, 3.63) is 38.8 Å². The van der Waals surface area contributed by atoms with Crippen molar-refractivity contribution < 1.29 is 18.7 Å². The number of nitrogens with one attached hydrogen (secondary N) is 2. The van der Waals surface area contributed by atoms with Crippen LogP contribution in [0.5, 0.6) is 0 Å². The highest BCUT2D eigenvalue weighted by Crippen LogP contribution is 2.32. The Morgan fingerprint density at radius 1 is 1.05 bits per heavy atom. The first kappa shape index (κ1) is 26.9. The molecule has 2 aromatic rings. The molecule has 2 aliphatic carbocycles. The maximum Gasteiger partial charge on any atom is 0.332 e. The van der Waals surface area contributed by atoms with Gasteiger partial charge in [-0.15, -0.1) is 0 Å². The first-order valence-corrected chi connectivity index (χ1v) is 13.6. The molecule has 0 unspecified atom stereocenters. The van der Waals surface area contributed by atoms with Crippen LogP contribution in [0, 0.1) is 5.82 Å². The normalized spacial score (nSPS) is 16.7. The van der Waals surface area contributed by atoms with Gasteiger partial charge in [0.2, 0.25) is 5.91 Å². The summed E-state index contributed by atoms with van der Waals surface area (Å²) in [5, 5.41) is 6.03. The summed E-state index contributed by atoms with van der Waals surface area (Å²) < 4.78 is 22.5. The van der Waals surface area contributed by atoms with E-state index in [0.717, 1.165) is 55.9 Å². The number of esters is 1. The fourth-order valence-electron chi connectivity index (χ4n) is 5.52. The second kappa shape index (κ2) is 12.4. The zero-order chi connectivity index (χ0) is 26.4. The number of rotatable bonds is 10. The molecule has 9 nitrogen and oxygen atoms in total. The van der Waals surface area contributed by atoms with E-state index in [2.05, 4.69) is 10.6 Å². The molecule has 0 bridgehead atoms. The van der Waals surface area contributed by atoms with E-state index in [9.17, 15) is 19.2 Å². The number of hydrogen-bond acceptors (Lipinski definition) is 6. The Hall–Kier alpha value is -3.17. The molecule has 1 aromatic carbocycles. The Labute approximate surface area is 215 Å². The molecule has 2 N–H and O–H groups in total. The van der Waals surface area contributed by atoms with Crippen molar-refractivity contribution in [1.82, 2.24) is 14.5 Å². The van der Waals surface area contributed by atoms with Crippen LogP contribution in [0.2, 0.25) is 0 Å². The quantitative estimate of drug-likeness (QED) is 0.369. The first-order chi connectivity index (χ1) is 17.9. The fraction of sp³-hybridized carbons (Fsp3) is 0.630. The van der Waals surface area contributed by atoms with Crippen molar-refractivity contribution in [2.45, 2.75) is 96.2 Å². The van der Waals surface area contributed by atoms with Gasteiger partial charge in [-0.05, 0) is 51.2 Å². The monoisotopic (exact) mass is 516 g/mol. The third kappa shape index (κ3) is 6.40. The molecule has 2 saturated carbocycles. The van der Waals surface area contributed by atoms with Gasteiger partial charge in [0.25, 0.3) is 5.56 Å². The predicted molar refractivity (Wildman–Crippen MR) is 139 cm³/mol. The number of ether oxygens (including phenoxy) is 1. The number of hydrogen-bond donors (Lipinski definition) is 2. The third-order valence-corrected chi connectivity index (χ3v) is 7.40. The van der Waals surface area contributed by atoms with Gasteiger partial charge in [0.05, 0.1) is 23.2 Å². The predicted octanol–water partition coefficient (Wildman–Crippen LogP) is 3.62. The minimum atomic E-state index is -0.681.